The van der Waals surface area contributed by atoms with Crippen molar-refractivity contribution in [2.24, 2.45) is 29.2 Å². The molecule has 2 aliphatic carbocycles. The van der Waals surface area contributed by atoms with Gasteiger partial charge in [0.15, 0.2) is 0 Å². The second kappa shape index (κ2) is 18.2. The lowest BCUT2D eigenvalue weighted by molar-refractivity contribution is -0.0000880. The molecule has 2 aromatic carbocycles. The lowest BCUT2D eigenvalue weighted by Gasteiger charge is -2.46. The first-order valence-electron chi connectivity index (χ1n) is 21.1. The third kappa shape index (κ3) is 9.12. The Balaban J connectivity index is 1.19. The lowest BCUT2D eigenvalue weighted by atomic mass is 9.68. The summed E-state index contributed by atoms with van der Waals surface area (Å²) in [6.07, 6.45) is 9.80. The molecule has 1 saturated heterocycles. The van der Waals surface area contributed by atoms with Crippen LogP contribution in [0.15, 0.2) is 59.1 Å². The number of nitrogens with zero attached hydrogens (tertiary/aromatic N) is 5. The van der Waals surface area contributed by atoms with Crippen LogP contribution in [-0.4, -0.2) is 122 Å². The summed E-state index contributed by atoms with van der Waals surface area (Å²) < 4.78 is 54.0. The third-order valence-electron chi connectivity index (χ3n) is 13.0. The molecule has 1 saturated carbocycles. The van der Waals surface area contributed by atoms with Crippen LogP contribution in [0.3, 0.4) is 0 Å². The quantitative estimate of drug-likeness (QED) is 0.288. The fourth-order valence-corrected chi connectivity index (χ4v) is 11.7. The van der Waals surface area contributed by atoms with Gasteiger partial charge in [-0.05, 0) is 85.4 Å². The molecule has 4 heterocycles. The number of hydrogen-bond acceptors (Lipinski definition) is 11. The van der Waals surface area contributed by atoms with Crippen LogP contribution in [0.2, 0.25) is 5.02 Å². The molecule has 16 heteroatoms. The van der Waals surface area contributed by atoms with Crippen LogP contribution in [0.1, 0.15) is 64.4 Å². The van der Waals surface area contributed by atoms with Gasteiger partial charge in [0.25, 0.3) is 11.8 Å². The van der Waals surface area contributed by atoms with E-state index < -0.39 is 33.8 Å². The van der Waals surface area contributed by atoms with Gasteiger partial charge in [0.2, 0.25) is 5.88 Å². The molecule has 1 unspecified atom stereocenters. The smallest absolute Gasteiger partial charge is 0.286 e. The number of carbonyl (C=O) groups excluding carboxylic acids is 2. The van der Waals surface area contributed by atoms with Crippen molar-refractivity contribution in [2.75, 3.05) is 84.0 Å². The maximum Gasteiger partial charge on any atom is 0.286 e. The van der Waals surface area contributed by atoms with Crippen LogP contribution in [-0.2, 0) is 43.0 Å². The molecule has 1 spiro atoms. The second-order valence-corrected chi connectivity index (χ2v) is 19.4. The number of fused-ring (bicyclic) bond motifs is 4. The molecule has 0 radical (unpaired) electrons. The number of nitrogens with one attached hydrogen (secondary N) is 1. The summed E-state index contributed by atoms with van der Waals surface area (Å²) in [5.74, 6) is -0.771. The van der Waals surface area contributed by atoms with E-state index in [1.165, 1.54) is 29.1 Å². The average Bonchev–Trinajstić information content (AvgIpc) is 3.54. The van der Waals surface area contributed by atoms with Crippen LogP contribution in [0.25, 0.3) is 0 Å². The summed E-state index contributed by atoms with van der Waals surface area (Å²) in [6.45, 7) is 7.89. The molecule has 2 fully saturated rings. The summed E-state index contributed by atoms with van der Waals surface area (Å²) in [6, 6.07) is 11.5. The number of aromatic nitrogens is 2. The average molecular weight is 865 g/mol. The Kier molecular flexibility index (Phi) is 12.9. The number of morpholine rings is 1. The molecule has 1 N–H and O–H groups in total. The Labute approximate surface area is 358 Å². The second-order valence-electron chi connectivity index (χ2n) is 17.0. The number of amides is 2. The highest BCUT2D eigenvalue weighted by Crippen LogP contribution is 2.47. The highest BCUT2D eigenvalue weighted by molar-refractivity contribution is 7.92. The van der Waals surface area contributed by atoms with E-state index in [1.807, 2.05) is 31.2 Å². The predicted molar refractivity (Wildman–Crippen MR) is 230 cm³/mol. The van der Waals surface area contributed by atoms with Gasteiger partial charge in [-0.2, -0.15) is 0 Å². The van der Waals surface area contributed by atoms with Crippen molar-refractivity contribution in [3.63, 3.8) is 0 Å². The van der Waals surface area contributed by atoms with Crippen molar-refractivity contribution in [1.29, 1.82) is 0 Å². The number of hydrogen-bond donors (Lipinski definition) is 1. The Morgan fingerprint density at radius 3 is 2.68 bits per heavy atom. The minimum absolute atomic E-state index is 0.0602. The Morgan fingerprint density at radius 2 is 1.92 bits per heavy atom. The minimum atomic E-state index is -3.78. The first-order chi connectivity index (χ1) is 29.0. The van der Waals surface area contributed by atoms with Crippen LogP contribution < -0.4 is 19.1 Å². The number of halogens is 1. The van der Waals surface area contributed by atoms with Gasteiger partial charge in [0.05, 0.1) is 57.2 Å². The maximum absolute atomic E-state index is 15.2. The number of ether oxygens (including phenoxy) is 5. The normalized spacial score (nSPS) is 30.2. The molecule has 2 bridgehead atoms. The van der Waals surface area contributed by atoms with Crippen molar-refractivity contribution in [2.45, 2.75) is 56.7 Å². The van der Waals surface area contributed by atoms with Gasteiger partial charge < -0.3 is 28.6 Å². The standard InChI is InChI=1S/C44H57ClN6O8S/c1-29-26-60(54,48-42(53)35-25-49(2)46-43(35)56-4)47-41(52)31-8-12-40-37(23-31)51(27-44(28-59-40)15-5-6-30-22-33(45)9-11-36(30)44)24-32-7-10-34(32)39(55-3)14-13-38(29)58-21-18-50-16-19-57-20-17-50/h8-9,11-14,22-23,25,29,32,34,38-39H,5-7,10,15-21,24,26-28H2,1-4H3,(H,47,48,52,53,54)/b14-13+/t29-,32+,34-,38+,39+,44+,60?/m1/s1. The first-order valence-corrected chi connectivity index (χ1v) is 23.1. The van der Waals surface area contributed by atoms with E-state index in [9.17, 15) is 9.59 Å². The summed E-state index contributed by atoms with van der Waals surface area (Å²) in [5, 5.41) is 4.93. The number of carbonyl (C=O) groups is 2. The monoisotopic (exact) mass is 864 g/mol. The van der Waals surface area contributed by atoms with E-state index in [0.717, 1.165) is 62.4 Å². The number of rotatable bonds is 8. The van der Waals surface area contributed by atoms with E-state index in [1.54, 1.807) is 20.2 Å². The number of aryl methyl sites for hydroxylation is 2. The summed E-state index contributed by atoms with van der Waals surface area (Å²) in [4.78, 5) is 32.9. The molecule has 1 aromatic heterocycles. The number of anilines is 1. The van der Waals surface area contributed by atoms with E-state index in [4.69, 9.17) is 35.3 Å². The third-order valence-corrected chi connectivity index (χ3v) is 15.2. The minimum Gasteiger partial charge on any atom is -0.490 e. The van der Waals surface area contributed by atoms with E-state index in [2.05, 4.69) is 42.2 Å². The zero-order chi connectivity index (χ0) is 42.0. The largest absolute Gasteiger partial charge is 0.490 e. The molecular weight excluding hydrogens is 808 g/mol. The van der Waals surface area contributed by atoms with E-state index in [-0.39, 0.29) is 40.2 Å². The van der Waals surface area contributed by atoms with Crippen molar-refractivity contribution >= 4 is 39.0 Å². The van der Waals surface area contributed by atoms with Crippen molar-refractivity contribution in [3.8, 4) is 11.6 Å². The first kappa shape index (κ1) is 42.7. The van der Waals surface area contributed by atoms with Gasteiger partial charge in [-0.15, -0.1) is 9.46 Å². The van der Waals surface area contributed by atoms with Gasteiger partial charge >= 0.3 is 0 Å². The maximum atomic E-state index is 15.2. The molecule has 60 heavy (non-hydrogen) atoms. The van der Waals surface area contributed by atoms with Crippen molar-refractivity contribution in [1.82, 2.24) is 19.4 Å². The molecular formula is C44H57ClN6O8S. The highest BCUT2D eigenvalue weighted by atomic mass is 35.5. The van der Waals surface area contributed by atoms with Gasteiger partial charge in [-0.1, -0.05) is 36.7 Å². The Hall–Kier alpha value is -3.99. The molecule has 14 nitrogen and oxygen atoms in total. The molecule has 2 amide bonds. The fourth-order valence-electron chi connectivity index (χ4n) is 9.67. The lowest BCUT2D eigenvalue weighted by Crippen LogP contribution is -2.49. The molecule has 7 atom stereocenters. The number of methoxy groups -OCH3 is 2. The summed E-state index contributed by atoms with van der Waals surface area (Å²) in [5.41, 5.74) is 3.29. The van der Waals surface area contributed by atoms with Crippen LogP contribution in [0, 0.1) is 17.8 Å². The Morgan fingerprint density at radius 1 is 1.10 bits per heavy atom. The summed E-state index contributed by atoms with van der Waals surface area (Å²) in [7, 11) is 1.03. The molecule has 3 aliphatic heterocycles. The summed E-state index contributed by atoms with van der Waals surface area (Å²) >= 11 is 6.51. The van der Waals surface area contributed by atoms with Crippen molar-refractivity contribution < 1.29 is 37.5 Å². The van der Waals surface area contributed by atoms with Crippen LogP contribution in [0.5, 0.6) is 11.6 Å². The Bertz CT molecular complexity index is 2220. The molecule has 8 rings (SSSR count). The van der Waals surface area contributed by atoms with Crippen molar-refractivity contribution in [3.05, 3.63) is 82.0 Å². The topological polar surface area (TPSA) is 146 Å². The number of benzene rings is 2. The highest BCUT2D eigenvalue weighted by Gasteiger charge is 2.44. The van der Waals surface area contributed by atoms with E-state index >= 15 is 4.21 Å². The van der Waals surface area contributed by atoms with Gasteiger partial charge in [0.1, 0.15) is 21.2 Å². The SMILES string of the molecule is COc1nn(C)cc1C(=O)NS1(=O)=NC(=O)c2ccc3c(c2)N(C[C@@H]2CC[C@H]2[C@@H](OC)/C=C/[C@H](OCCN2CCOCC2)[C@H](C)C1)C[C@@]1(CCCc2cc(Cl)ccc21)CO3. The molecule has 324 valence electrons. The molecule has 3 aromatic rings. The zero-order valence-electron chi connectivity index (χ0n) is 35.0. The van der Waals surface area contributed by atoms with Gasteiger partial charge in [-0.3, -0.25) is 23.9 Å². The molecule has 5 aliphatic rings. The fraction of sp³-hybridized carbons (Fsp3) is 0.568. The van der Waals surface area contributed by atoms with E-state index in [0.29, 0.717) is 51.2 Å². The van der Waals surface area contributed by atoms with Crippen LogP contribution >= 0.6 is 11.6 Å². The zero-order valence-corrected chi connectivity index (χ0v) is 36.6. The van der Waals surface area contributed by atoms with Gasteiger partial charge in [0, 0.05) is 75.0 Å². The predicted octanol–water partition coefficient (Wildman–Crippen LogP) is 5.47. The van der Waals surface area contributed by atoms with Gasteiger partial charge in [-0.25, -0.2) is 4.21 Å². The van der Waals surface area contributed by atoms with Crippen LogP contribution in [0.4, 0.5) is 5.69 Å².